The largest absolute Gasteiger partial charge is 0.0985 e. The van der Waals surface area contributed by atoms with Crippen LogP contribution in [0.3, 0.4) is 0 Å². The summed E-state index contributed by atoms with van der Waals surface area (Å²) in [5, 5.41) is 0. The average molecular weight is 222 g/mol. The van der Waals surface area contributed by atoms with Gasteiger partial charge in [0.2, 0.25) is 0 Å². The van der Waals surface area contributed by atoms with Crippen LogP contribution < -0.4 is 0 Å². The zero-order valence-corrected chi connectivity index (χ0v) is 10.3. The minimum Gasteiger partial charge on any atom is -0.0985 e. The topological polar surface area (TPSA) is 0 Å². The van der Waals surface area contributed by atoms with Crippen molar-refractivity contribution in [3.05, 3.63) is 77.4 Å². The van der Waals surface area contributed by atoms with Crippen LogP contribution in [0.15, 0.2) is 55.1 Å². The molecule has 17 heavy (non-hydrogen) atoms. The van der Waals surface area contributed by atoms with Gasteiger partial charge in [-0.1, -0.05) is 68.1 Å². The molecule has 0 aromatic heterocycles. The smallest absolute Gasteiger partial charge is 0.00257 e. The molecule has 0 radical (unpaired) electrons. The molecule has 0 heterocycles. The van der Waals surface area contributed by atoms with E-state index in [1.54, 1.807) is 0 Å². The fourth-order valence-electron chi connectivity index (χ4n) is 1.97. The van der Waals surface area contributed by atoms with Crippen molar-refractivity contribution < 1.29 is 0 Å². The molecule has 0 bridgehead atoms. The van der Waals surface area contributed by atoms with E-state index in [2.05, 4.69) is 62.0 Å². The summed E-state index contributed by atoms with van der Waals surface area (Å²) in [5.74, 6) is 0. The van der Waals surface area contributed by atoms with Gasteiger partial charge in [-0.05, 0) is 35.1 Å². The van der Waals surface area contributed by atoms with Gasteiger partial charge >= 0.3 is 0 Å². The van der Waals surface area contributed by atoms with Gasteiger partial charge < -0.3 is 0 Å². The first-order valence-electron chi connectivity index (χ1n) is 6.11. The first-order chi connectivity index (χ1) is 8.31. The molecule has 0 aliphatic carbocycles. The van der Waals surface area contributed by atoms with E-state index in [1.807, 2.05) is 6.08 Å². The van der Waals surface area contributed by atoms with Crippen LogP contribution in [0.5, 0.6) is 0 Å². The van der Waals surface area contributed by atoms with Crippen molar-refractivity contribution in [1.29, 1.82) is 0 Å². The highest BCUT2D eigenvalue weighted by molar-refractivity contribution is 5.47. The summed E-state index contributed by atoms with van der Waals surface area (Å²) in [6.07, 6.45) is 3.98. The van der Waals surface area contributed by atoms with Gasteiger partial charge in [-0.3, -0.25) is 0 Å². The molecule has 86 valence electrons. The molecule has 0 aliphatic heterocycles. The molecule has 0 nitrogen and oxygen atoms in total. The summed E-state index contributed by atoms with van der Waals surface area (Å²) in [5.41, 5.74) is 5.32. The molecule has 0 heteroatoms. The fraction of sp³-hybridized carbons (Fsp3) is 0.176. The Kier molecular flexibility index (Phi) is 3.77. The minimum absolute atomic E-state index is 1.01. The Morgan fingerprint density at radius 1 is 0.941 bits per heavy atom. The number of hydrogen-bond acceptors (Lipinski definition) is 0. The molecule has 0 spiro atoms. The molecule has 0 unspecified atom stereocenters. The van der Waals surface area contributed by atoms with Crippen LogP contribution in [0, 0.1) is 0 Å². The van der Waals surface area contributed by atoms with Crippen molar-refractivity contribution in [3.63, 3.8) is 0 Å². The maximum absolute atomic E-state index is 3.77. The molecule has 2 aromatic carbocycles. The second-order valence-electron chi connectivity index (χ2n) is 4.30. The summed E-state index contributed by atoms with van der Waals surface area (Å²) in [6, 6.07) is 17.4. The SMILES string of the molecule is C=Cc1ccc(Cc2cccc(CC)c2)cc1. The van der Waals surface area contributed by atoms with Gasteiger partial charge in [0.1, 0.15) is 0 Å². The van der Waals surface area contributed by atoms with Crippen LogP contribution >= 0.6 is 0 Å². The third kappa shape index (κ3) is 3.07. The van der Waals surface area contributed by atoms with E-state index in [0.717, 1.165) is 12.8 Å². The van der Waals surface area contributed by atoms with Crippen molar-refractivity contribution in [3.8, 4) is 0 Å². The third-order valence-electron chi connectivity index (χ3n) is 3.02. The Labute approximate surface area is 104 Å². The van der Waals surface area contributed by atoms with E-state index in [-0.39, 0.29) is 0 Å². The fourth-order valence-corrected chi connectivity index (χ4v) is 1.97. The van der Waals surface area contributed by atoms with Crippen molar-refractivity contribution in [2.24, 2.45) is 0 Å². The van der Waals surface area contributed by atoms with Gasteiger partial charge in [0, 0.05) is 0 Å². The maximum atomic E-state index is 3.77. The summed E-state index contributed by atoms with van der Waals surface area (Å²) >= 11 is 0. The predicted molar refractivity (Wildman–Crippen MR) is 75.2 cm³/mol. The summed E-state index contributed by atoms with van der Waals surface area (Å²) in [4.78, 5) is 0. The van der Waals surface area contributed by atoms with Gasteiger partial charge in [-0.15, -0.1) is 0 Å². The average Bonchev–Trinajstić information content (AvgIpc) is 2.40. The Morgan fingerprint density at radius 3 is 2.29 bits per heavy atom. The second-order valence-corrected chi connectivity index (χ2v) is 4.30. The van der Waals surface area contributed by atoms with Crippen LogP contribution in [-0.4, -0.2) is 0 Å². The normalized spacial score (nSPS) is 10.2. The first-order valence-corrected chi connectivity index (χ1v) is 6.11. The highest BCUT2D eigenvalue weighted by Gasteiger charge is 1.97. The van der Waals surface area contributed by atoms with Crippen molar-refractivity contribution in [1.82, 2.24) is 0 Å². The zero-order valence-electron chi connectivity index (χ0n) is 10.3. The molecule has 0 atom stereocenters. The standard InChI is InChI=1S/C17H18/c1-3-14-8-10-16(11-9-14)13-17-7-5-6-15(4-2)12-17/h3,5-12H,1,4,13H2,2H3. The maximum Gasteiger partial charge on any atom is -0.00257 e. The Bertz CT molecular complexity index is 492. The molecular weight excluding hydrogens is 204 g/mol. The van der Waals surface area contributed by atoms with Crippen LogP contribution in [0.1, 0.15) is 29.2 Å². The zero-order chi connectivity index (χ0) is 12.1. The van der Waals surface area contributed by atoms with E-state index in [0.29, 0.717) is 0 Å². The number of benzene rings is 2. The predicted octanol–water partition coefficient (Wildman–Crippen LogP) is 4.48. The lowest BCUT2D eigenvalue weighted by Gasteiger charge is -2.04. The molecule has 2 aromatic rings. The molecule has 0 amide bonds. The van der Waals surface area contributed by atoms with Gasteiger partial charge in [-0.25, -0.2) is 0 Å². The number of hydrogen-bond donors (Lipinski definition) is 0. The Balaban J connectivity index is 2.15. The van der Waals surface area contributed by atoms with Crippen LogP contribution in [0.25, 0.3) is 6.08 Å². The number of aryl methyl sites for hydroxylation is 1. The van der Waals surface area contributed by atoms with E-state index in [1.165, 1.54) is 22.3 Å². The van der Waals surface area contributed by atoms with Gasteiger partial charge in [0.25, 0.3) is 0 Å². The van der Waals surface area contributed by atoms with E-state index in [4.69, 9.17) is 0 Å². The van der Waals surface area contributed by atoms with Crippen molar-refractivity contribution >= 4 is 6.08 Å². The van der Waals surface area contributed by atoms with Crippen molar-refractivity contribution in [2.45, 2.75) is 19.8 Å². The quantitative estimate of drug-likeness (QED) is 0.715. The van der Waals surface area contributed by atoms with Gasteiger partial charge in [0.05, 0.1) is 0 Å². The lowest BCUT2D eigenvalue weighted by molar-refractivity contribution is 1.11. The first kappa shape index (κ1) is 11.7. The second kappa shape index (κ2) is 5.49. The molecule has 0 saturated carbocycles. The monoisotopic (exact) mass is 222 g/mol. The summed E-state index contributed by atoms with van der Waals surface area (Å²) in [6.45, 7) is 5.96. The minimum atomic E-state index is 1.01. The lowest BCUT2D eigenvalue weighted by atomic mass is 10.0. The molecule has 0 aliphatic rings. The highest BCUT2D eigenvalue weighted by atomic mass is 14.0. The summed E-state index contributed by atoms with van der Waals surface area (Å²) in [7, 11) is 0. The molecule has 0 N–H and O–H groups in total. The Hall–Kier alpha value is -1.82. The lowest BCUT2D eigenvalue weighted by Crippen LogP contribution is -1.90. The molecular formula is C17H18. The molecule has 2 rings (SSSR count). The van der Waals surface area contributed by atoms with Crippen molar-refractivity contribution in [2.75, 3.05) is 0 Å². The van der Waals surface area contributed by atoms with E-state index >= 15 is 0 Å². The van der Waals surface area contributed by atoms with Gasteiger partial charge in [0.15, 0.2) is 0 Å². The van der Waals surface area contributed by atoms with Crippen LogP contribution in [-0.2, 0) is 12.8 Å². The Morgan fingerprint density at radius 2 is 1.65 bits per heavy atom. The molecule has 0 fully saturated rings. The highest BCUT2D eigenvalue weighted by Crippen LogP contribution is 2.13. The van der Waals surface area contributed by atoms with Crippen LogP contribution in [0.4, 0.5) is 0 Å². The third-order valence-corrected chi connectivity index (χ3v) is 3.02. The molecule has 0 saturated heterocycles. The number of rotatable bonds is 4. The van der Waals surface area contributed by atoms with Crippen LogP contribution in [0.2, 0.25) is 0 Å². The summed E-state index contributed by atoms with van der Waals surface area (Å²) < 4.78 is 0. The van der Waals surface area contributed by atoms with E-state index < -0.39 is 0 Å². The van der Waals surface area contributed by atoms with E-state index in [9.17, 15) is 0 Å². The van der Waals surface area contributed by atoms with Gasteiger partial charge in [-0.2, -0.15) is 0 Å².